The average molecular weight is 287 g/mol. The topological polar surface area (TPSA) is 0 Å². The summed E-state index contributed by atoms with van der Waals surface area (Å²) in [6.45, 7) is 2.27. The van der Waals surface area contributed by atoms with E-state index in [0.717, 1.165) is 18.8 Å². The summed E-state index contributed by atoms with van der Waals surface area (Å²) >= 11 is 9.88. The van der Waals surface area contributed by atoms with Gasteiger partial charge in [0.1, 0.15) is 0 Å². The molecule has 0 rings (SSSR count). The second-order valence-electron chi connectivity index (χ2n) is 5.28. The van der Waals surface area contributed by atoms with Crippen LogP contribution in [0.2, 0.25) is 0 Å². The van der Waals surface area contributed by atoms with Crippen LogP contribution in [0.5, 0.6) is 0 Å². The molecule has 0 fully saturated rings. The molecule has 0 saturated carbocycles. The number of rotatable bonds is 14. The zero-order valence-electron chi connectivity index (χ0n) is 12.0. The van der Waals surface area contributed by atoms with Crippen molar-refractivity contribution in [3.8, 4) is 0 Å². The summed E-state index contributed by atoms with van der Waals surface area (Å²) in [5.74, 6) is 0.779. The third-order valence-corrected chi connectivity index (χ3v) is 4.02. The van der Waals surface area contributed by atoms with E-state index in [1.54, 1.807) is 0 Å². The molecule has 0 N–H and O–H groups in total. The van der Waals surface area contributed by atoms with Crippen LogP contribution in [-0.4, -0.2) is 10.7 Å². The van der Waals surface area contributed by atoms with Crippen molar-refractivity contribution < 1.29 is 0 Å². The zero-order chi connectivity index (χ0) is 13.5. The second-order valence-corrected chi connectivity index (χ2v) is 5.94. The molecule has 0 aromatic rings. The van der Waals surface area contributed by atoms with E-state index in [9.17, 15) is 0 Å². The molecular formula is C16H30S2. The third-order valence-electron chi connectivity index (χ3n) is 3.59. The molecule has 18 heavy (non-hydrogen) atoms. The summed E-state index contributed by atoms with van der Waals surface area (Å²) in [5, 5.41) is 3.77. The second kappa shape index (κ2) is 15.2. The lowest BCUT2D eigenvalue weighted by molar-refractivity contribution is 0.446. The number of unbranched alkanes of at least 4 members (excludes halogenated alkanes) is 7. The van der Waals surface area contributed by atoms with Crippen molar-refractivity contribution in [2.75, 3.05) is 0 Å². The van der Waals surface area contributed by atoms with E-state index in [4.69, 9.17) is 24.4 Å². The molecule has 2 heteroatoms. The molecule has 0 aliphatic heterocycles. The first-order chi connectivity index (χ1) is 8.85. The molecule has 1 atom stereocenters. The number of thiocarbonyl (C=S) groups is 2. The molecule has 1 unspecified atom stereocenters. The molecule has 0 aromatic carbocycles. The normalized spacial score (nSPS) is 12.3. The van der Waals surface area contributed by atoms with Gasteiger partial charge < -0.3 is 0 Å². The van der Waals surface area contributed by atoms with Crippen LogP contribution in [0, 0.1) is 5.92 Å². The van der Waals surface area contributed by atoms with Gasteiger partial charge in [0.25, 0.3) is 0 Å². The fourth-order valence-corrected chi connectivity index (χ4v) is 2.80. The Bertz CT molecular complexity index is 190. The van der Waals surface area contributed by atoms with Crippen molar-refractivity contribution in [2.24, 2.45) is 5.92 Å². The Balaban J connectivity index is 3.36. The highest BCUT2D eigenvalue weighted by molar-refractivity contribution is 7.79. The molecule has 106 valence electrons. The minimum Gasteiger partial charge on any atom is -0.0935 e. The van der Waals surface area contributed by atoms with E-state index in [1.807, 2.05) is 10.7 Å². The average Bonchev–Trinajstić information content (AvgIpc) is 2.39. The zero-order valence-corrected chi connectivity index (χ0v) is 13.7. The highest BCUT2D eigenvalue weighted by Crippen LogP contribution is 2.19. The van der Waals surface area contributed by atoms with Crippen LogP contribution in [0.3, 0.4) is 0 Å². The van der Waals surface area contributed by atoms with Crippen LogP contribution >= 0.6 is 24.4 Å². The van der Waals surface area contributed by atoms with Gasteiger partial charge in [0.2, 0.25) is 0 Å². The van der Waals surface area contributed by atoms with Crippen molar-refractivity contribution in [3.05, 3.63) is 0 Å². The standard InChI is InChI=1S/C16H30S2/c1-2-3-4-5-6-7-8-9-11-16(13-15-18)12-10-14-17/h14-16H,2-13H2,1H3. The van der Waals surface area contributed by atoms with Crippen molar-refractivity contribution in [3.63, 3.8) is 0 Å². The molecule has 0 saturated heterocycles. The van der Waals surface area contributed by atoms with E-state index in [1.165, 1.54) is 64.2 Å². The van der Waals surface area contributed by atoms with Gasteiger partial charge in [-0.15, -0.1) is 0 Å². The van der Waals surface area contributed by atoms with Crippen molar-refractivity contribution in [2.45, 2.75) is 84.0 Å². The Labute approximate surface area is 125 Å². The van der Waals surface area contributed by atoms with E-state index in [2.05, 4.69) is 6.92 Å². The monoisotopic (exact) mass is 286 g/mol. The van der Waals surface area contributed by atoms with E-state index < -0.39 is 0 Å². The quantitative estimate of drug-likeness (QED) is 0.271. The molecular weight excluding hydrogens is 256 g/mol. The van der Waals surface area contributed by atoms with Crippen molar-refractivity contribution in [1.82, 2.24) is 0 Å². The van der Waals surface area contributed by atoms with E-state index in [0.29, 0.717) is 0 Å². The van der Waals surface area contributed by atoms with Crippen LogP contribution in [-0.2, 0) is 0 Å². The van der Waals surface area contributed by atoms with Crippen LogP contribution in [0.1, 0.15) is 84.0 Å². The van der Waals surface area contributed by atoms with Crippen LogP contribution in [0.4, 0.5) is 0 Å². The Morgan fingerprint density at radius 3 is 1.94 bits per heavy atom. The van der Waals surface area contributed by atoms with Gasteiger partial charge in [0.15, 0.2) is 0 Å². The maximum atomic E-state index is 4.98. The molecule has 0 radical (unpaired) electrons. The number of hydrogen-bond donors (Lipinski definition) is 0. The van der Waals surface area contributed by atoms with Crippen LogP contribution < -0.4 is 0 Å². The molecule has 0 aromatic heterocycles. The lowest BCUT2D eigenvalue weighted by Gasteiger charge is -2.13. The van der Waals surface area contributed by atoms with Crippen LogP contribution in [0.25, 0.3) is 0 Å². The molecule has 0 nitrogen and oxygen atoms in total. The lowest BCUT2D eigenvalue weighted by atomic mass is 9.94. The molecule has 0 aliphatic carbocycles. The SMILES string of the molecule is CCCCCCCCCCC(CC=S)CCC=S. The Hall–Kier alpha value is 0.180. The highest BCUT2D eigenvalue weighted by atomic mass is 32.1. The maximum Gasteiger partial charge on any atom is -0.0208 e. The maximum absolute atomic E-state index is 4.98. The van der Waals surface area contributed by atoms with Gasteiger partial charge in [0, 0.05) is 0 Å². The predicted molar refractivity (Wildman–Crippen MR) is 91.9 cm³/mol. The Morgan fingerprint density at radius 1 is 0.778 bits per heavy atom. The largest absolute Gasteiger partial charge is 0.0935 e. The van der Waals surface area contributed by atoms with Gasteiger partial charge in [-0.3, -0.25) is 0 Å². The van der Waals surface area contributed by atoms with Gasteiger partial charge >= 0.3 is 0 Å². The molecule has 0 spiro atoms. The predicted octanol–water partition coefficient (Wildman–Crippen LogP) is 6.30. The Morgan fingerprint density at radius 2 is 1.39 bits per heavy atom. The fraction of sp³-hybridized carbons (Fsp3) is 0.875. The van der Waals surface area contributed by atoms with Gasteiger partial charge in [0.05, 0.1) is 0 Å². The summed E-state index contributed by atoms with van der Waals surface area (Å²) in [5.41, 5.74) is 0. The van der Waals surface area contributed by atoms with E-state index >= 15 is 0 Å². The van der Waals surface area contributed by atoms with Crippen molar-refractivity contribution in [1.29, 1.82) is 0 Å². The number of hydrogen-bond acceptors (Lipinski definition) is 2. The smallest absolute Gasteiger partial charge is 0.0208 e. The molecule has 0 amide bonds. The van der Waals surface area contributed by atoms with Gasteiger partial charge in [-0.1, -0.05) is 89.1 Å². The van der Waals surface area contributed by atoms with Gasteiger partial charge in [-0.2, -0.15) is 0 Å². The highest BCUT2D eigenvalue weighted by Gasteiger charge is 2.05. The lowest BCUT2D eigenvalue weighted by Crippen LogP contribution is -2.01. The van der Waals surface area contributed by atoms with Crippen molar-refractivity contribution >= 4 is 35.2 Å². The van der Waals surface area contributed by atoms with Gasteiger partial charge in [-0.25, -0.2) is 0 Å². The molecule has 0 heterocycles. The first-order valence-electron chi connectivity index (χ1n) is 7.72. The summed E-state index contributed by atoms with van der Waals surface area (Å²) in [6, 6.07) is 0. The summed E-state index contributed by atoms with van der Waals surface area (Å²) in [4.78, 5) is 0. The molecule has 0 aliphatic rings. The summed E-state index contributed by atoms with van der Waals surface area (Å²) in [6.07, 6.45) is 16.0. The van der Waals surface area contributed by atoms with Crippen LogP contribution in [0.15, 0.2) is 0 Å². The third kappa shape index (κ3) is 12.6. The minimum absolute atomic E-state index is 0.779. The first-order valence-corrected chi connectivity index (χ1v) is 8.66. The Kier molecular flexibility index (Phi) is 15.4. The molecule has 0 bridgehead atoms. The first kappa shape index (κ1) is 18.2. The summed E-state index contributed by atoms with van der Waals surface area (Å²) < 4.78 is 0. The van der Waals surface area contributed by atoms with Gasteiger partial charge in [-0.05, 0) is 35.9 Å². The van der Waals surface area contributed by atoms with E-state index in [-0.39, 0.29) is 0 Å². The minimum atomic E-state index is 0.779. The fourth-order valence-electron chi connectivity index (χ4n) is 2.39. The summed E-state index contributed by atoms with van der Waals surface area (Å²) in [7, 11) is 0.